The van der Waals surface area contributed by atoms with Gasteiger partial charge in [-0.15, -0.1) is 11.3 Å². The molecule has 0 saturated carbocycles. The zero-order valence-electron chi connectivity index (χ0n) is 11.3. The minimum Gasteiger partial charge on any atom is -0.391 e. The SMILES string of the molecule is COCC(O)CCNC(=O)c1csc2c1CCCC2. The second-order valence-electron chi connectivity index (χ2n) is 4.91. The number of fused-ring (bicyclic) bond motifs is 1. The molecule has 0 radical (unpaired) electrons. The van der Waals surface area contributed by atoms with Crippen LogP contribution in [0.2, 0.25) is 0 Å². The number of ether oxygens (including phenoxy) is 1. The molecule has 4 nitrogen and oxygen atoms in total. The highest BCUT2D eigenvalue weighted by Crippen LogP contribution is 2.30. The Balaban J connectivity index is 1.85. The molecule has 2 rings (SSSR count). The average Bonchev–Trinajstić information content (AvgIpc) is 2.82. The summed E-state index contributed by atoms with van der Waals surface area (Å²) in [7, 11) is 1.56. The molecule has 0 saturated heterocycles. The first-order valence-electron chi connectivity index (χ1n) is 6.76. The standard InChI is InChI=1S/C14H21NO3S/c1-18-8-10(16)6-7-15-14(17)12-9-19-13-5-3-2-4-11(12)13/h9-10,16H,2-8H2,1H3,(H,15,17). The molecule has 1 unspecified atom stereocenters. The first kappa shape index (κ1) is 14.5. The average molecular weight is 283 g/mol. The van der Waals surface area contributed by atoms with Crippen molar-refractivity contribution in [3.05, 3.63) is 21.4 Å². The predicted octanol–water partition coefficient (Wildman–Crippen LogP) is 1.75. The van der Waals surface area contributed by atoms with E-state index in [-0.39, 0.29) is 5.91 Å². The lowest BCUT2D eigenvalue weighted by Gasteiger charge is -2.13. The molecular formula is C14H21NO3S. The van der Waals surface area contributed by atoms with E-state index < -0.39 is 6.10 Å². The molecule has 106 valence electrons. The number of carbonyl (C=O) groups is 1. The number of thiophene rings is 1. The number of aliphatic hydroxyl groups excluding tert-OH is 1. The normalized spacial score (nSPS) is 15.9. The number of nitrogens with one attached hydrogen (secondary N) is 1. The molecule has 0 bridgehead atoms. The van der Waals surface area contributed by atoms with Crippen LogP contribution in [0.15, 0.2) is 5.38 Å². The first-order chi connectivity index (χ1) is 9.22. The van der Waals surface area contributed by atoms with E-state index in [1.165, 1.54) is 23.3 Å². The minimum atomic E-state index is -0.512. The number of hydrogen-bond donors (Lipinski definition) is 2. The van der Waals surface area contributed by atoms with Gasteiger partial charge in [0.1, 0.15) is 0 Å². The molecule has 5 heteroatoms. The third-order valence-corrected chi connectivity index (χ3v) is 4.52. The fourth-order valence-corrected chi connectivity index (χ4v) is 3.53. The van der Waals surface area contributed by atoms with Crippen LogP contribution in [0.5, 0.6) is 0 Å². The molecule has 0 aromatic carbocycles. The summed E-state index contributed by atoms with van der Waals surface area (Å²) in [4.78, 5) is 13.5. The van der Waals surface area contributed by atoms with Gasteiger partial charge in [0, 0.05) is 23.9 Å². The number of rotatable bonds is 6. The Morgan fingerprint density at radius 2 is 2.32 bits per heavy atom. The molecule has 1 atom stereocenters. The van der Waals surface area contributed by atoms with Crippen LogP contribution in [-0.2, 0) is 17.6 Å². The van der Waals surface area contributed by atoms with E-state index in [2.05, 4.69) is 5.32 Å². The molecule has 1 aromatic heterocycles. The van der Waals surface area contributed by atoms with Crippen LogP contribution in [0.4, 0.5) is 0 Å². The number of aryl methyl sites for hydroxylation is 1. The van der Waals surface area contributed by atoms with Gasteiger partial charge in [0.25, 0.3) is 5.91 Å². The second-order valence-corrected chi connectivity index (χ2v) is 5.88. The van der Waals surface area contributed by atoms with Gasteiger partial charge < -0.3 is 15.2 Å². The number of amides is 1. The number of carbonyl (C=O) groups excluding carboxylic acids is 1. The van der Waals surface area contributed by atoms with Gasteiger partial charge in [-0.2, -0.15) is 0 Å². The maximum Gasteiger partial charge on any atom is 0.252 e. The third-order valence-electron chi connectivity index (χ3n) is 3.43. The third kappa shape index (κ3) is 3.78. The molecule has 19 heavy (non-hydrogen) atoms. The van der Waals surface area contributed by atoms with Crippen molar-refractivity contribution in [3.63, 3.8) is 0 Å². The second kappa shape index (κ2) is 7.03. The molecule has 1 amide bonds. The van der Waals surface area contributed by atoms with E-state index in [0.29, 0.717) is 19.6 Å². The van der Waals surface area contributed by atoms with Gasteiger partial charge in [0.15, 0.2) is 0 Å². The van der Waals surface area contributed by atoms with E-state index in [4.69, 9.17) is 4.74 Å². The van der Waals surface area contributed by atoms with Crippen molar-refractivity contribution >= 4 is 17.2 Å². The van der Waals surface area contributed by atoms with E-state index in [1.54, 1.807) is 18.4 Å². The van der Waals surface area contributed by atoms with Crippen molar-refractivity contribution in [2.24, 2.45) is 0 Å². The quantitative estimate of drug-likeness (QED) is 0.836. The minimum absolute atomic E-state index is 0.0102. The monoisotopic (exact) mass is 283 g/mol. The molecular weight excluding hydrogens is 262 g/mol. The fourth-order valence-electron chi connectivity index (χ4n) is 2.41. The van der Waals surface area contributed by atoms with Crippen LogP contribution in [-0.4, -0.2) is 37.4 Å². The predicted molar refractivity (Wildman–Crippen MR) is 75.8 cm³/mol. The molecule has 0 spiro atoms. The van der Waals surface area contributed by atoms with Crippen molar-refractivity contribution < 1.29 is 14.6 Å². The van der Waals surface area contributed by atoms with Crippen molar-refractivity contribution in [2.45, 2.75) is 38.2 Å². The van der Waals surface area contributed by atoms with E-state index in [0.717, 1.165) is 18.4 Å². The summed E-state index contributed by atoms with van der Waals surface area (Å²) < 4.78 is 4.85. The Kier molecular flexibility index (Phi) is 5.36. The zero-order chi connectivity index (χ0) is 13.7. The summed E-state index contributed by atoms with van der Waals surface area (Å²) in [5.74, 6) is -0.0102. The summed E-state index contributed by atoms with van der Waals surface area (Å²) in [6.45, 7) is 0.789. The maximum atomic E-state index is 12.1. The summed E-state index contributed by atoms with van der Waals surface area (Å²) in [6, 6.07) is 0. The molecule has 1 aromatic rings. The van der Waals surface area contributed by atoms with Crippen LogP contribution >= 0.6 is 11.3 Å². The number of aliphatic hydroxyl groups is 1. The highest BCUT2D eigenvalue weighted by molar-refractivity contribution is 7.10. The van der Waals surface area contributed by atoms with Crippen molar-refractivity contribution in [1.29, 1.82) is 0 Å². The first-order valence-corrected chi connectivity index (χ1v) is 7.64. The van der Waals surface area contributed by atoms with Crippen LogP contribution in [0.3, 0.4) is 0 Å². The van der Waals surface area contributed by atoms with E-state index in [9.17, 15) is 9.90 Å². The maximum absolute atomic E-state index is 12.1. The van der Waals surface area contributed by atoms with Crippen LogP contribution in [0, 0.1) is 0 Å². The summed E-state index contributed by atoms with van der Waals surface area (Å²) in [5.41, 5.74) is 2.08. The van der Waals surface area contributed by atoms with Gasteiger partial charge >= 0.3 is 0 Å². The zero-order valence-corrected chi connectivity index (χ0v) is 12.1. The largest absolute Gasteiger partial charge is 0.391 e. The van der Waals surface area contributed by atoms with Crippen molar-refractivity contribution in [1.82, 2.24) is 5.32 Å². The van der Waals surface area contributed by atoms with Crippen molar-refractivity contribution in [3.8, 4) is 0 Å². The molecule has 1 heterocycles. The van der Waals surface area contributed by atoms with Gasteiger partial charge in [-0.05, 0) is 37.7 Å². The van der Waals surface area contributed by atoms with Gasteiger partial charge in [-0.1, -0.05) is 0 Å². The van der Waals surface area contributed by atoms with E-state index >= 15 is 0 Å². The number of hydrogen-bond acceptors (Lipinski definition) is 4. The summed E-state index contributed by atoms with van der Waals surface area (Å²) in [5, 5.41) is 14.4. The van der Waals surface area contributed by atoms with Crippen LogP contribution in [0.25, 0.3) is 0 Å². The Bertz CT molecular complexity index is 430. The Labute approximate surface area is 117 Å². The highest BCUT2D eigenvalue weighted by Gasteiger charge is 2.19. The Hall–Kier alpha value is -0.910. The lowest BCUT2D eigenvalue weighted by molar-refractivity contribution is 0.0587. The molecule has 2 N–H and O–H groups in total. The Morgan fingerprint density at radius 1 is 1.53 bits per heavy atom. The molecule has 0 aliphatic heterocycles. The van der Waals surface area contributed by atoms with Crippen LogP contribution < -0.4 is 5.32 Å². The van der Waals surface area contributed by atoms with E-state index in [1.807, 2.05) is 5.38 Å². The Morgan fingerprint density at radius 3 is 3.11 bits per heavy atom. The lowest BCUT2D eigenvalue weighted by atomic mass is 9.95. The molecule has 1 aliphatic carbocycles. The lowest BCUT2D eigenvalue weighted by Crippen LogP contribution is -2.29. The van der Waals surface area contributed by atoms with Gasteiger partial charge in [-0.25, -0.2) is 0 Å². The smallest absolute Gasteiger partial charge is 0.252 e. The van der Waals surface area contributed by atoms with Gasteiger partial charge in [0.05, 0.1) is 18.3 Å². The topological polar surface area (TPSA) is 58.6 Å². The van der Waals surface area contributed by atoms with Gasteiger partial charge in [0.2, 0.25) is 0 Å². The molecule has 0 fully saturated rings. The summed E-state index contributed by atoms with van der Waals surface area (Å²) >= 11 is 1.70. The number of methoxy groups -OCH3 is 1. The van der Waals surface area contributed by atoms with Gasteiger partial charge in [-0.3, -0.25) is 4.79 Å². The summed E-state index contributed by atoms with van der Waals surface area (Å²) in [6.07, 6.45) is 4.55. The van der Waals surface area contributed by atoms with Crippen LogP contribution in [0.1, 0.15) is 40.1 Å². The fraction of sp³-hybridized carbons (Fsp3) is 0.643. The molecule has 1 aliphatic rings. The highest BCUT2D eigenvalue weighted by atomic mass is 32.1. The van der Waals surface area contributed by atoms with Crippen molar-refractivity contribution in [2.75, 3.05) is 20.3 Å².